The van der Waals surface area contributed by atoms with Gasteiger partial charge in [-0.25, -0.2) is 0 Å². The minimum atomic E-state index is -0.345. The summed E-state index contributed by atoms with van der Waals surface area (Å²) in [4.78, 5) is 10.3. The average molecular weight is 254 g/mol. The lowest BCUT2D eigenvalue weighted by atomic mass is 10.0. The van der Waals surface area contributed by atoms with Gasteiger partial charge in [-0.05, 0) is 42.9 Å². The van der Waals surface area contributed by atoms with Gasteiger partial charge in [0.2, 0.25) is 0 Å². The predicted molar refractivity (Wildman–Crippen MR) is 75.0 cm³/mol. The molecule has 0 bridgehead atoms. The first-order valence-corrected chi connectivity index (χ1v) is 6.44. The van der Waals surface area contributed by atoms with Crippen LogP contribution in [0.3, 0.4) is 0 Å². The van der Waals surface area contributed by atoms with E-state index < -0.39 is 0 Å². The molecule has 0 N–H and O–H groups in total. The fourth-order valence-corrected chi connectivity index (χ4v) is 2.06. The molecule has 0 aliphatic heterocycles. The van der Waals surface area contributed by atoms with Crippen molar-refractivity contribution in [3.63, 3.8) is 0 Å². The molecule has 97 valence electrons. The summed E-state index contributed by atoms with van der Waals surface area (Å²) in [5, 5.41) is 10.7. The number of nitro groups is 1. The maximum absolute atomic E-state index is 10.7. The van der Waals surface area contributed by atoms with Crippen molar-refractivity contribution < 1.29 is 4.92 Å². The zero-order valence-corrected chi connectivity index (χ0v) is 10.7. The Morgan fingerprint density at radius 1 is 1.05 bits per heavy atom. The van der Waals surface area contributed by atoms with Gasteiger partial charge in [0.1, 0.15) is 0 Å². The number of unbranched alkanes of at least 4 members (excludes halogenated alkanes) is 1. The molecule has 0 saturated heterocycles. The Balaban J connectivity index is 1.80. The van der Waals surface area contributed by atoms with Crippen LogP contribution in [0.25, 0.3) is 0 Å². The van der Waals surface area contributed by atoms with Gasteiger partial charge in [0.05, 0.1) is 4.92 Å². The Morgan fingerprint density at radius 3 is 2.63 bits per heavy atom. The van der Waals surface area contributed by atoms with E-state index in [4.69, 9.17) is 0 Å². The summed E-state index contributed by atoms with van der Waals surface area (Å²) in [6.45, 7) is 0. The van der Waals surface area contributed by atoms with Crippen LogP contribution in [-0.4, -0.2) is 4.92 Å². The first kappa shape index (κ1) is 13.3. The van der Waals surface area contributed by atoms with Crippen molar-refractivity contribution in [1.82, 2.24) is 0 Å². The van der Waals surface area contributed by atoms with Crippen molar-refractivity contribution >= 4 is 5.69 Å². The van der Waals surface area contributed by atoms with Crippen molar-refractivity contribution in [3.8, 4) is 0 Å². The zero-order valence-electron chi connectivity index (χ0n) is 10.7. The van der Waals surface area contributed by atoms with Gasteiger partial charge in [-0.3, -0.25) is 10.1 Å². The van der Waals surface area contributed by atoms with Crippen LogP contribution >= 0.6 is 0 Å². The molecule has 0 amide bonds. The van der Waals surface area contributed by atoms with Gasteiger partial charge in [0.25, 0.3) is 5.69 Å². The topological polar surface area (TPSA) is 43.1 Å². The monoisotopic (exact) mass is 254 g/mol. The molecule has 0 saturated carbocycles. The highest BCUT2D eigenvalue weighted by molar-refractivity contribution is 5.34. The number of rotatable bonds is 6. The van der Waals surface area contributed by atoms with Gasteiger partial charge in [-0.15, -0.1) is 0 Å². The quantitative estimate of drug-likeness (QED) is 0.445. The molecule has 1 radical (unpaired) electrons. The maximum Gasteiger partial charge on any atom is 0.269 e. The standard InChI is InChI=1S/C16H16NO2/c18-17(19)16-12-6-11-15(13-16)10-5-4-9-14-7-2-1-3-8-14/h1-3,6-7,11-13H,4-5,9-10H2. The second kappa shape index (κ2) is 6.69. The summed E-state index contributed by atoms with van der Waals surface area (Å²) >= 11 is 0. The number of nitrogens with zero attached hydrogens (tertiary/aromatic N) is 1. The number of aryl methyl sites for hydroxylation is 2. The van der Waals surface area contributed by atoms with Crippen molar-refractivity contribution in [3.05, 3.63) is 75.8 Å². The SMILES string of the molecule is O=[N+]([O-])c1cccc(CCCCc2[c]cccc2)c1. The molecule has 2 rings (SSSR count). The molecular weight excluding hydrogens is 238 g/mol. The highest BCUT2D eigenvalue weighted by Crippen LogP contribution is 2.15. The maximum atomic E-state index is 10.7. The minimum Gasteiger partial charge on any atom is -0.258 e. The van der Waals surface area contributed by atoms with Crippen molar-refractivity contribution in [2.45, 2.75) is 25.7 Å². The van der Waals surface area contributed by atoms with Gasteiger partial charge in [0, 0.05) is 12.1 Å². The number of benzene rings is 2. The van der Waals surface area contributed by atoms with E-state index in [-0.39, 0.29) is 10.6 Å². The number of nitro benzene ring substituents is 1. The van der Waals surface area contributed by atoms with Gasteiger partial charge >= 0.3 is 0 Å². The molecule has 0 heterocycles. The van der Waals surface area contributed by atoms with Crippen LogP contribution in [0.15, 0.2) is 48.5 Å². The van der Waals surface area contributed by atoms with Crippen LogP contribution in [0.2, 0.25) is 0 Å². The van der Waals surface area contributed by atoms with E-state index in [0.29, 0.717) is 0 Å². The fourth-order valence-electron chi connectivity index (χ4n) is 2.06. The normalized spacial score (nSPS) is 10.3. The van der Waals surface area contributed by atoms with Crippen LogP contribution in [-0.2, 0) is 12.8 Å². The molecule has 2 aromatic rings. The third kappa shape index (κ3) is 4.21. The molecule has 19 heavy (non-hydrogen) atoms. The van der Waals surface area contributed by atoms with Crippen molar-refractivity contribution in [2.75, 3.05) is 0 Å². The van der Waals surface area contributed by atoms with E-state index in [1.807, 2.05) is 24.3 Å². The van der Waals surface area contributed by atoms with Gasteiger partial charge in [-0.1, -0.05) is 36.4 Å². The molecule has 0 aliphatic rings. The van der Waals surface area contributed by atoms with Crippen molar-refractivity contribution in [2.24, 2.45) is 0 Å². The highest BCUT2D eigenvalue weighted by Gasteiger charge is 2.05. The van der Waals surface area contributed by atoms with E-state index >= 15 is 0 Å². The van der Waals surface area contributed by atoms with Gasteiger partial charge < -0.3 is 0 Å². The fraction of sp³-hybridized carbons (Fsp3) is 0.250. The molecular formula is C16H16NO2. The average Bonchev–Trinajstić information content (AvgIpc) is 2.45. The lowest BCUT2D eigenvalue weighted by Gasteiger charge is -2.02. The zero-order chi connectivity index (χ0) is 13.5. The van der Waals surface area contributed by atoms with Crippen LogP contribution in [0.5, 0.6) is 0 Å². The second-order valence-electron chi connectivity index (χ2n) is 4.52. The van der Waals surface area contributed by atoms with E-state index in [1.165, 1.54) is 11.6 Å². The molecule has 0 aromatic heterocycles. The van der Waals surface area contributed by atoms with E-state index in [1.54, 1.807) is 12.1 Å². The summed E-state index contributed by atoms with van der Waals surface area (Å²) in [6.07, 6.45) is 4.00. The smallest absolute Gasteiger partial charge is 0.258 e. The van der Waals surface area contributed by atoms with Gasteiger partial charge in [-0.2, -0.15) is 0 Å². The predicted octanol–water partition coefficient (Wildman–Crippen LogP) is 3.96. The Bertz CT molecular complexity index is 537. The Labute approximate surface area is 113 Å². The summed E-state index contributed by atoms with van der Waals surface area (Å²) in [5.74, 6) is 0. The number of hydrogen-bond acceptors (Lipinski definition) is 2. The third-order valence-electron chi connectivity index (χ3n) is 3.06. The van der Waals surface area contributed by atoms with Crippen LogP contribution in [0, 0.1) is 16.2 Å². The van der Waals surface area contributed by atoms with Crippen LogP contribution in [0.1, 0.15) is 24.0 Å². The van der Waals surface area contributed by atoms with E-state index in [9.17, 15) is 10.1 Å². The summed E-state index contributed by atoms with van der Waals surface area (Å²) in [7, 11) is 0. The van der Waals surface area contributed by atoms with Gasteiger partial charge in [0.15, 0.2) is 0 Å². The van der Waals surface area contributed by atoms with Crippen LogP contribution < -0.4 is 0 Å². The Kier molecular flexibility index (Phi) is 4.67. The lowest BCUT2D eigenvalue weighted by molar-refractivity contribution is -0.384. The second-order valence-corrected chi connectivity index (χ2v) is 4.52. The number of non-ortho nitro benzene ring substituents is 1. The third-order valence-corrected chi connectivity index (χ3v) is 3.06. The first-order valence-electron chi connectivity index (χ1n) is 6.44. The molecule has 0 aliphatic carbocycles. The largest absolute Gasteiger partial charge is 0.269 e. The molecule has 3 heteroatoms. The number of hydrogen-bond donors (Lipinski definition) is 0. The van der Waals surface area contributed by atoms with E-state index in [0.717, 1.165) is 31.2 Å². The minimum absolute atomic E-state index is 0.175. The lowest BCUT2D eigenvalue weighted by Crippen LogP contribution is -1.92. The van der Waals surface area contributed by atoms with Crippen LogP contribution in [0.4, 0.5) is 5.69 Å². The Morgan fingerprint density at radius 2 is 1.89 bits per heavy atom. The molecule has 3 nitrogen and oxygen atoms in total. The molecule has 0 unspecified atom stereocenters. The highest BCUT2D eigenvalue weighted by atomic mass is 16.6. The molecule has 0 fully saturated rings. The summed E-state index contributed by atoms with van der Waals surface area (Å²) in [6, 6.07) is 18.1. The molecule has 0 spiro atoms. The Hall–Kier alpha value is -2.16. The first-order chi connectivity index (χ1) is 9.25. The van der Waals surface area contributed by atoms with Crippen molar-refractivity contribution in [1.29, 1.82) is 0 Å². The summed E-state index contributed by atoms with van der Waals surface area (Å²) in [5.41, 5.74) is 2.43. The van der Waals surface area contributed by atoms with E-state index in [2.05, 4.69) is 12.1 Å². The molecule has 2 aromatic carbocycles. The molecule has 0 atom stereocenters. The summed E-state index contributed by atoms with van der Waals surface area (Å²) < 4.78 is 0.